The number of ketones is 1. The fraction of sp³-hybridized carbons (Fsp3) is 0.292. The maximum atomic E-state index is 14.5. The van der Waals surface area contributed by atoms with E-state index < -0.39 is 11.9 Å². The zero-order valence-electron chi connectivity index (χ0n) is 18.5. The number of hydrogen-bond acceptors (Lipinski definition) is 7. The summed E-state index contributed by atoms with van der Waals surface area (Å²) in [6.45, 7) is 0. The van der Waals surface area contributed by atoms with E-state index in [-0.39, 0.29) is 17.2 Å². The summed E-state index contributed by atoms with van der Waals surface area (Å²) in [6, 6.07) is 9.37. The molecule has 1 atom stereocenters. The summed E-state index contributed by atoms with van der Waals surface area (Å²) >= 11 is 0. The number of nitrogens with one attached hydrogen (secondary N) is 1. The van der Waals surface area contributed by atoms with Crippen molar-refractivity contribution in [2.45, 2.75) is 25.3 Å². The molecule has 1 aliphatic carbocycles. The van der Waals surface area contributed by atoms with Crippen LogP contribution in [0.25, 0.3) is 11.4 Å². The van der Waals surface area contributed by atoms with Gasteiger partial charge in [0, 0.05) is 17.7 Å². The van der Waals surface area contributed by atoms with Crippen molar-refractivity contribution >= 4 is 11.7 Å². The van der Waals surface area contributed by atoms with E-state index in [1.54, 1.807) is 35.0 Å². The predicted molar refractivity (Wildman–Crippen MR) is 119 cm³/mol. The van der Waals surface area contributed by atoms with Crippen LogP contribution < -0.4 is 19.5 Å². The number of halogens is 1. The number of Topliss-reactive ketones (excluding diaryl/α,β-unsaturated/α-hetero) is 1. The van der Waals surface area contributed by atoms with Crippen molar-refractivity contribution in [2.24, 2.45) is 0 Å². The van der Waals surface area contributed by atoms with E-state index in [1.807, 2.05) is 0 Å². The van der Waals surface area contributed by atoms with Gasteiger partial charge in [-0.15, -0.1) is 5.10 Å². The van der Waals surface area contributed by atoms with Gasteiger partial charge in [-0.25, -0.2) is 9.07 Å². The van der Waals surface area contributed by atoms with E-state index >= 15 is 0 Å². The summed E-state index contributed by atoms with van der Waals surface area (Å²) in [5.74, 6) is 1.68. The highest BCUT2D eigenvalue weighted by atomic mass is 19.1. The highest BCUT2D eigenvalue weighted by molar-refractivity contribution is 5.99. The molecule has 33 heavy (non-hydrogen) atoms. The third-order valence-electron chi connectivity index (χ3n) is 5.99. The largest absolute Gasteiger partial charge is 0.493 e. The number of nitrogens with zero attached hydrogens (tertiary/aromatic N) is 3. The third-order valence-corrected chi connectivity index (χ3v) is 5.99. The molecule has 2 aliphatic rings. The van der Waals surface area contributed by atoms with Crippen molar-refractivity contribution < 1.29 is 23.4 Å². The van der Waals surface area contributed by atoms with E-state index in [4.69, 9.17) is 14.2 Å². The molecule has 8 nitrogen and oxygen atoms in total. The number of allylic oxidation sites excluding steroid dienone is 2. The number of fused-ring (bicyclic) bond motifs is 1. The molecule has 9 heteroatoms. The van der Waals surface area contributed by atoms with Gasteiger partial charge in [0.25, 0.3) is 0 Å². The first-order chi connectivity index (χ1) is 16.0. The number of anilines is 1. The van der Waals surface area contributed by atoms with Crippen molar-refractivity contribution in [1.82, 2.24) is 14.8 Å². The molecule has 0 saturated heterocycles. The molecule has 2 aromatic carbocycles. The van der Waals surface area contributed by atoms with Crippen molar-refractivity contribution in [3.05, 3.63) is 59.0 Å². The van der Waals surface area contributed by atoms with Crippen LogP contribution in [-0.4, -0.2) is 41.9 Å². The number of rotatable bonds is 5. The Morgan fingerprint density at radius 1 is 1.06 bits per heavy atom. The molecule has 1 aliphatic heterocycles. The van der Waals surface area contributed by atoms with Crippen LogP contribution in [0.1, 0.15) is 30.9 Å². The molecule has 1 aromatic heterocycles. The maximum absolute atomic E-state index is 14.5. The lowest BCUT2D eigenvalue weighted by Crippen LogP contribution is -2.31. The average Bonchev–Trinajstić information content (AvgIpc) is 3.25. The van der Waals surface area contributed by atoms with Crippen molar-refractivity contribution in [2.75, 3.05) is 26.6 Å². The van der Waals surface area contributed by atoms with Crippen molar-refractivity contribution in [3.8, 4) is 28.6 Å². The molecule has 170 valence electrons. The Kier molecular flexibility index (Phi) is 5.24. The van der Waals surface area contributed by atoms with Gasteiger partial charge < -0.3 is 19.5 Å². The predicted octanol–water partition coefficient (Wildman–Crippen LogP) is 4.13. The van der Waals surface area contributed by atoms with E-state index in [0.717, 1.165) is 17.7 Å². The Balaban J connectivity index is 1.73. The second kappa shape index (κ2) is 8.23. The summed E-state index contributed by atoms with van der Waals surface area (Å²) in [5, 5.41) is 7.88. The van der Waals surface area contributed by atoms with Crippen LogP contribution in [0.2, 0.25) is 0 Å². The molecular weight excluding hydrogens is 427 g/mol. The molecule has 0 saturated carbocycles. The molecule has 1 unspecified atom stereocenters. The molecular formula is C24H23FN4O4. The molecule has 0 fully saturated rings. The standard InChI is InChI=1S/C24H23FN4O4/c1-31-18-11-13(12-19(32-2)22(18)33-3)21-20-16(9-6-10-17(20)30)26-24-27-23(28-29(21)24)14-7-4-5-8-15(14)25/h4-5,7-8,11-12,21H,6,9-10H2,1-3H3,(H,26,27,28). The fourth-order valence-corrected chi connectivity index (χ4v) is 4.48. The quantitative estimate of drug-likeness (QED) is 0.625. The second-order valence-electron chi connectivity index (χ2n) is 7.84. The van der Waals surface area contributed by atoms with Crippen LogP contribution in [0.3, 0.4) is 0 Å². The Bertz CT molecular complexity index is 1260. The zero-order valence-corrected chi connectivity index (χ0v) is 18.5. The molecule has 0 spiro atoms. The van der Waals surface area contributed by atoms with Crippen LogP contribution >= 0.6 is 0 Å². The minimum Gasteiger partial charge on any atom is -0.493 e. The van der Waals surface area contributed by atoms with Gasteiger partial charge in [-0.2, -0.15) is 4.98 Å². The summed E-state index contributed by atoms with van der Waals surface area (Å²) < 4.78 is 32.6. The highest BCUT2D eigenvalue weighted by Crippen LogP contribution is 2.45. The number of carbonyl (C=O) groups excluding carboxylic acids is 1. The molecule has 5 rings (SSSR count). The lowest BCUT2D eigenvalue weighted by molar-refractivity contribution is -0.116. The first-order valence-corrected chi connectivity index (χ1v) is 10.6. The molecule has 0 radical (unpaired) electrons. The van der Waals surface area contributed by atoms with Gasteiger partial charge in [0.05, 0.1) is 26.9 Å². The summed E-state index contributed by atoms with van der Waals surface area (Å²) in [6.07, 6.45) is 1.91. The van der Waals surface area contributed by atoms with Crippen LogP contribution in [0, 0.1) is 5.82 Å². The maximum Gasteiger partial charge on any atom is 0.226 e. The number of methoxy groups -OCH3 is 3. The smallest absolute Gasteiger partial charge is 0.226 e. The SMILES string of the molecule is COc1cc(C2C3=C(CCCC3=O)Nc3nc(-c4ccccc4F)nn32)cc(OC)c1OC. The van der Waals surface area contributed by atoms with E-state index in [1.165, 1.54) is 27.4 Å². The van der Waals surface area contributed by atoms with Crippen LogP contribution in [0.4, 0.5) is 10.3 Å². The van der Waals surface area contributed by atoms with Gasteiger partial charge >= 0.3 is 0 Å². The minimum atomic E-state index is -0.578. The van der Waals surface area contributed by atoms with Gasteiger partial charge in [0.15, 0.2) is 23.1 Å². The van der Waals surface area contributed by atoms with Crippen LogP contribution in [0.5, 0.6) is 17.2 Å². The van der Waals surface area contributed by atoms with Gasteiger partial charge in [0.2, 0.25) is 11.7 Å². The Morgan fingerprint density at radius 3 is 2.45 bits per heavy atom. The topological polar surface area (TPSA) is 87.5 Å². The van der Waals surface area contributed by atoms with Crippen molar-refractivity contribution in [1.29, 1.82) is 0 Å². The minimum absolute atomic E-state index is 0.0380. The Morgan fingerprint density at radius 2 is 1.79 bits per heavy atom. The average molecular weight is 450 g/mol. The van der Waals surface area contributed by atoms with Crippen LogP contribution in [0.15, 0.2) is 47.7 Å². The zero-order chi connectivity index (χ0) is 23.1. The first kappa shape index (κ1) is 21.0. The number of hydrogen-bond donors (Lipinski definition) is 1. The molecule has 2 heterocycles. The van der Waals surface area contributed by atoms with E-state index in [2.05, 4.69) is 15.4 Å². The molecule has 0 bridgehead atoms. The first-order valence-electron chi connectivity index (χ1n) is 10.6. The number of carbonyl (C=O) groups is 1. The van der Waals surface area contributed by atoms with Gasteiger partial charge in [-0.05, 0) is 42.7 Å². The lowest BCUT2D eigenvalue weighted by atomic mass is 9.85. The monoisotopic (exact) mass is 450 g/mol. The number of ether oxygens (including phenoxy) is 3. The second-order valence-corrected chi connectivity index (χ2v) is 7.84. The van der Waals surface area contributed by atoms with Crippen molar-refractivity contribution in [3.63, 3.8) is 0 Å². The van der Waals surface area contributed by atoms with Gasteiger partial charge in [-0.1, -0.05) is 12.1 Å². The molecule has 1 N–H and O–H groups in total. The van der Waals surface area contributed by atoms with Crippen LogP contribution in [-0.2, 0) is 4.79 Å². The third kappa shape index (κ3) is 3.40. The van der Waals surface area contributed by atoms with Gasteiger partial charge in [0.1, 0.15) is 11.9 Å². The fourth-order valence-electron chi connectivity index (χ4n) is 4.48. The Hall–Kier alpha value is -3.88. The van der Waals surface area contributed by atoms with E-state index in [0.29, 0.717) is 41.6 Å². The van der Waals surface area contributed by atoms with Gasteiger partial charge in [-0.3, -0.25) is 4.79 Å². The summed E-state index contributed by atoms with van der Waals surface area (Å²) in [4.78, 5) is 17.6. The summed E-state index contributed by atoms with van der Waals surface area (Å²) in [7, 11) is 4.61. The van der Waals surface area contributed by atoms with E-state index in [9.17, 15) is 9.18 Å². The number of benzene rings is 2. The highest BCUT2D eigenvalue weighted by Gasteiger charge is 2.38. The lowest BCUT2D eigenvalue weighted by Gasteiger charge is -2.32. The number of aromatic nitrogens is 3. The molecule has 3 aromatic rings. The Labute approximate surface area is 190 Å². The summed E-state index contributed by atoms with van der Waals surface area (Å²) in [5.41, 5.74) is 2.44. The molecule has 0 amide bonds. The normalized spacial score (nSPS) is 17.2.